The van der Waals surface area contributed by atoms with Crippen molar-refractivity contribution in [2.45, 2.75) is 20.8 Å². The molecule has 0 bridgehead atoms. The van der Waals surface area contributed by atoms with Gasteiger partial charge in [-0.15, -0.1) is 0 Å². The lowest BCUT2D eigenvalue weighted by molar-refractivity contribution is -0.136. The van der Waals surface area contributed by atoms with Crippen LogP contribution in [0.15, 0.2) is 77.9 Å². The average molecular weight is 429 g/mol. The normalized spacial score (nSPS) is 10.9. The summed E-state index contributed by atoms with van der Waals surface area (Å²) in [7, 11) is 0. The zero-order chi connectivity index (χ0) is 23.1. The number of nitrogens with zero attached hydrogens (tertiary/aromatic N) is 1. The quantitative estimate of drug-likeness (QED) is 0.211. The molecule has 7 nitrogen and oxygen atoms in total. The topological polar surface area (TPSA) is 96.9 Å². The van der Waals surface area contributed by atoms with Gasteiger partial charge in [0.05, 0.1) is 11.3 Å². The molecule has 2 amide bonds. The summed E-state index contributed by atoms with van der Waals surface area (Å²) >= 11 is 0. The predicted molar refractivity (Wildman–Crippen MR) is 123 cm³/mol. The number of ether oxygens (including phenoxy) is 1. The van der Waals surface area contributed by atoms with Gasteiger partial charge >= 0.3 is 17.8 Å². The molecule has 0 radical (unpaired) electrons. The number of carbonyl (C=O) groups is 3. The first-order valence-electron chi connectivity index (χ1n) is 9.94. The minimum atomic E-state index is -0.915. The van der Waals surface area contributed by atoms with Crippen molar-refractivity contribution in [2.24, 2.45) is 5.10 Å². The zero-order valence-corrected chi connectivity index (χ0v) is 18.0. The summed E-state index contributed by atoms with van der Waals surface area (Å²) in [6, 6.07) is 20.9. The van der Waals surface area contributed by atoms with E-state index in [1.165, 1.54) is 0 Å². The van der Waals surface area contributed by atoms with E-state index in [0.717, 1.165) is 11.1 Å². The van der Waals surface area contributed by atoms with Gasteiger partial charge in [-0.2, -0.15) is 5.10 Å². The lowest BCUT2D eigenvalue weighted by Crippen LogP contribution is -2.33. The third-order valence-electron chi connectivity index (χ3n) is 4.50. The van der Waals surface area contributed by atoms with Crippen LogP contribution in [0.5, 0.6) is 5.75 Å². The molecule has 3 aromatic rings. The number of anilines is 1. The van der Waals surface area contributed by atoms with Crippen LogP contribution in [-0.2, 0) is 9.59 Å². The second kappa shape index (κ2) is 10.2. The Balaban J connectivity index is 1.68. The van der Waals surface area contributed by atoms with Gasteiger partial charge in [0.25, 0.3) is 0 Å². The van der Waals surface area contributed by atoms with E-state index in [0.29, 0.717) is 22.5 Å². The summed E-state index contributed by atoms with van der Waals surface area (Å²) in [4.78, 5) is 36.8. The average Bonchev–Trinajstić information content (AvgIpc) is 2.77. The number of amides is 2. The molecule has 0 spiro atoms. The molecule has 0 aromatic heterocycles. The molecule has 7 heteroatoms. The SMILES string of the molecule is C/C(=N\NC(=O)C(=O)Nc1cc(C)cc(C)c1)c1ccccc1OC(=O)c1ccccc1. The predicted octanol–water partition coefficient (Wildman–Crippen LogP) is 4.00. The summed E-state index contributed by atoms with van der Waals surface area (Å²) < 4.78 is 5.50. The number of carbonyl (C=O) groups excluding carboxylic acids is 3. The highest BCUT2D eigenvalue weighted by Crippen LogP contribution is 2.20. The van der Waals surface area contributed by atoms with E-state index in [1.807, 2.05) is 19.9 Å². The molecule has 0 aliphatic heterocycles. The van der Waals surface area contributed by atoms with Crippen molar-refractivity contribution < 1.29 is 19.1 Å². The van der Waals surface area contributed by atoms with Gasteiger partial charge in [-0.05, 0) is 68.3 Å². The van der Waals surface area contributed by atoms with Crippen LogP contribution in [0.2, 0.25) is 0 Å². The van der Waals surface area contributed by atoms with E-state index in [2.05, 4.69) is 15.8 Å². The van der Waals surface area contributed by atoms with Crippen molar-refractivity contribution >= 4 is 29.2 Å². The molecule has 0 aliphatic carbocycles. The number of hydrogen-bond acceptors (Lipinski definition) is 5. The Morgan fingerprint density at radius 3 is 2.12 bits per heavy atom. The van der Waals surface area contributed by atoms with Crippen LogP contribution in [0.3, 0.4) is 0 Å². The first-order chi connectivity index (χ1) is 15.3. The number of nitrogens with one attached hydrogen (secondary N) is 2. The smallest absolute Gasteiger partial charge is 0.343 e. The van der Waals surface area contributed by atoms with Crippen molar-refractivity contribution in [3.63, 3.8) is 0 Å². The van der Waals surface area contributed by atoms with Gasteiger partial charge in [-0.25, -0.2) is 10.2 Å². The largest absolute Gasteiger partial charge is 0.422 e. The zero-order valence-electron chi connectivity index (χ0n) is 18.0. The van der Waals surface area contributed by atoms with Crippen molar-refractivity contribution in [1.82, 2.24) is 5.43 Å². The molecule has 0 heterocycles. The fraction of sp³-hybridized carbons (Fsp3) is 0.120. The fourth-order valence-electron chi connectivity index (χ4n) is 3.07. The van der Waals surface area contributed by atoms with Gasteiger partial charge in [-0.3, -0.25) is 9.59 Å². The fourth-order valence-corrected chi connectivity index (χ4v) is 3.07. The van der Waals surface area contributed by atoms with Crippen molar-refractivity contribution in [2.75, 3.05) is 5.32 Å². The van der Waals surface area contributed by atoms with Gasteiger partial charge in [-0.1, -0.05) is 36.4 Å². The molecule has 32 heavy (non-hydrogen) atoms. The molecule has 2 N–H and O–H groups in total. The summed E-state index contributed by atoms with van der Waals surface area (Å²) in [6.07, 6.45) is 0. The number of para-hydroxylation sites is 1. The lowest BCUT2D eigenvalue weighted by Gasteiger charge is -2.10. The first kappa shape index (κ1) is 22.4. The number of esters is 1. The van der Waals surface area contributed by atoms with E-state index in [-0.39, 0.29) is 5.75 Å². The molecular formula is C25H23N3O4. The summed E-state index contributed by atoms with van der Waals surface area (Å²) in [5.74, 6) is -1.98. The summed E-state index contributed by atoms with van der Waals surface area (Å²) in [5, 5.41) is 6.55. The molecule has 0 saturated carbocycles. The van der Waals surface area contributed by atoms with E-state index < -0.39 is 17.8 Å². The molecule has 0 atom stereocenters. The van der Waals surface area contributed by atoms with Gasteiger partial charge in [0, 0.05) is 11.3 Å². The van der Waals surface area contributed by atoms with E-state index in [9.17, 15) is 14.4 Å². The maximum Gasteiger partial charge on any atom is 0.343 e. The summed E-state index contributed by atoms with van der Waals surface area (Å²) in [6.45, 7) is 5.44. The van der Waals surface area contributed by atoms with Gasteiger partial charge < -0.3 is 10.1 Å². The van der Waals surface area contributed by atoms with Crippen molar-refractivity contribution in [3.8, 4) is 5.75 Å². The molecule has 3 rings (SSSR count). The highest BCUT2D eigenvalue weighted by atomic mass is 16.5. The van der Waals surface area contributed by atoms with Crippen LogP contribution in [0.25, 0.3) is 0 Å². The Morgan fingerprint density at radius 2 is 1.44 bits per heavy atom. The second-order valence-corrected chi connectivity index (χ2v) is 7.22. The maximum absolute atomic E-state index is 12.4. The monoisotopic (exact) mass is 429 g/mol. The van der Waals surface area contributed by atoms with Gasteiger partial charge in [0.15, 0.2) is 0 Å². The lowest BCUT2D eigenvalue weighted by atomic mass is 10.1. The Bertz CT molecular complexity index is 1170. The minimum absolute atomic E-state index is 0.288. The number of aryl methyl sites for hydroxylation is 2. The minimum Gasteiger partial charge on any atom is -0.422 e. The number of hydrogen-bond donors (Lipinski definition) is 2. The Hall–Kier alpha value is -4.26. The molecule has 0 aliphatic rings. The molecule has 0 fully saturated rings. The summed E-state index contributed by atoms with van der Waals surface area (Å²) in [5.41, 5.74) is 5.99. The Labute approximate surface area is 186 Å². The van der Waals surface area contributed by atoms with Gasteiger partial charge in [0.2, 0.25) is 0 Å². The highest BCUT2D eigenvalue weighted by Gasteiger charge is 2.16. The Kier molecular flexibility index (Phi) is 7.13. The van der Waals surface area contributed by atoms with Crippen molar-refractivity contribution in [3.05, 3.63) is 95.1 Å². The van der Waals surface area contributed by atoms with Crippen LogP contribution < -0.4 is 15.5 Å². The van der Waals surface area contributed by atoms with E-state index >= 15 is 0 Å². The van der Waals surface area contributed by atoms with Crippen LogP contribution in [0, 0.1) is 13.8 Å². The Morgan fingerprint density at radius 1 is 0.812 bits per heavy atom. The van der Waals surface area contributed by atoms with Crippen LogP contribution in [0.1, 0.15) is 34.0 Å². The highest BCUT2D eigenvalue weighted by molar-refractivity contribution is 6.39. The molecule has 162 valence electrons. The van der Waals surface area contributed by atoms with Crippen LogP contribution >= 0.6 is 0 Å². The van der Waals surface area contributed by atoms with Crippen LogP contribution in [0.4, 0.5) is 5.69 Å². The third-order valence-corrected chi connectivity index (χ3v) is 4.50. The number of rotatable bonds is 5. The molecule has 0 saturated heterocycles. The number of hydrazone groups is 1. The van der Waals surface area contributed by atoms with E-state index in [1.54, 1.807) is 73.7 Å². The molecular weight excluding hydrogens is 406 g/mol. The van der Waals surface area contributed by atoms with Gasteiger partial charge in [0.1, 0.15) is 5.75 Å². The molecule has 0 unspecified atom stereocenters. The van der Waals surface area contributed by atoms with Crippen LogP contribution in [-0.4, -0.2) is 23.5 Å². The standard InChI is InChI=1S/C25H23N3O4/c1-16-13-17(2)15-20(14-16)26-23(29)24(30)28-27-18(3)21-11-7-8-12-22(21)32-25(31)19-9-5-4-6-10-19/h4-15H,1-3H3,(H,26,29)(H,28,30)/b27-18+. The maximum atomic E-state index is 12.4. The second-order valence-electron chi connectivity index (χ2n) is 7.22. The van der Waals surface area contributed by atoms with E-state index in [4.69, 9.17) is 4.74 Å². The first-order valence-corrected chi connectivity index (χ1v) is 9.94. The number of benzene rings is 3. The van der Waals surface area contributed by atoms with Crippen molar-refractivity contribution in [1.29, 1.82) is 0 Å². The molecule has 3 aromatic carbocycles. The third kappa shape index (κ3) is 5.89.